The number of benzene rings is 1. The molecular formula is C20H22FN3O3. The van der Waals surface area contributed by atoms with Crippen LogP contribution in [0.4, 0.5) is 10.1 Å². The monoisotopic (exact) mass is 371 g/mol. The largest absolute Gasteiger partial charge is 0.489 e. The van der Waals surface area contributed by atoms with Crippen LogP contribution in [-0.4, -0.2) is 35.5 Å². The first-order valence-electron chi connectivity index (χ1n) is 8.96. The van der Waals surface area contributed by atoms with Gasteiger partial charge in [0.1, 0.15) is 11.9 Å². The molecule has 1 aromatic carbocycles. The van der Waals surface area contributed by atoms with E-state index in [1.165, 1.54) is 17.2 Å². The van der Waals surface area contributed by atoms with Crippen molar-refractivity contribution in [2.45, 2.75) is 38.8 Å². The summed E-state index contributed by atoms with van der Waals surface area (Å²) in [5, 5.41) is 2.72. The number of halogens is 1. The maximum Gasteiger partial charge on any atom is 0.274 e. The topological polar surface area (TPSA) is 71.5 Å². The Labute approximate surface area is 157 Å². The number of hydrogen-bond donors (Lipinski definition) is 1. The highest BCUT2D eigenvalue weighted by Gasteiger charge is 2.32. The van der Waals surface area contributed by atoms with Gasteiger partial charge in [0.15, 0.2) is 11.4 Å². The van der Waals surface area contributed by atoms with Crippen LogP contribution in [0.5, 0.6) is 5.75 Å². The summed E-state index contributed by atoms with van der Waals surface area (Å²) in [6.45, 7) is 4.12. The van der Waals surface area contributed by atoms with Gasteiger partial charge in [-0.3, -0.25) is 9.59 Å². The lowest BCUT2D eigenvalue weighted by Gasteiger charge is -2.32. The van der Waals surface area contributed by atoms with E-state index < -0.39 is 17.8 Å². The number of nitrogens with zero attached hydrogens (tertiary/aromatic N) is 2. The Morgan fingerprint density at radius 1 is 1.30 bits per heavy atom. The number of hydrogen-bond acceptors (Lipinski definition) is 4. The molecule has 1 aromatic heterocycles. The van der Waals surface area contributed by atoms with E-state index in [0.717, 1.165) is 0 Å². The summed E-state index contributed by atoms with van der Waals surface area (Å²) in [4.78, 5) is 30.9. The Morgan fingerprint density at radius 3 is 2.81 bits per heavy atom. The lowest BCUT2D eigenvalue weighted by atomic mass is 10.0. The van der Waals surface area contributed by atoms with E-state index in [1.807, 2.05) is 13.8 Å². The summed E-state index contributed by atoms with van der Waals surface area (Å²) in [6.07, 6.45) is 2.52. The van der Waals surface area contributed by atoms with Gasteiger partial charge in [0.25, 0.3) is 5.91 Å². The zero-order valence-corrected chi connectivity index (χ0v) is 15.3. The lowest BCUT2D eigenvalue weighted by molar-refractivity contribution is -0.121. The Hall–Kier alpha value is -2.96. The summed E-state index contributed by atoms with van der Waals surface area (Å²) in [5.41, 5.74) is 0.352. The zero-order valence-electron chi connectivity index (χ0n) is 15.3. The number of carbonyl (C=O) groups is 2. The molecule has 1 aliphatic rings. The molecule has 2 amide bonds. The third-order valence-electron chi connectivity index (χ3n) is 4.24. The maximum absolute atomic E-state index is 14.1. The molecule has 7 heteroatoms. The van der Waals surface area contributed by atoms with Gasteiger partial charge in [-0.2, -0.15) is 0 Å². The molecule has 1 unspecified atom stereocenters. The molecule has 2 aromatic rings. The third kappa shape index (κ3) is 4.24. The van der Waals surface area contributed by atoms with Gasteiger partial charge in [-0.15, -0.1) is 0 Å². The number of nitrogens with one attached hydrogen (secondary N) is 1. The zero-order chi connectivity index (χ0) is 19.4. The van der Waals surface area contributed by atoms with Crippen LogP contribution in [0.15, 0.2) is 42.6 Å². The second kappa shape index (κ2) is 8.16. The molecular weight excluding hydrogens is 349 g/mol. The first kappa shape index (κ1) is 18.8. The van der Waals surface area contributed by atoms with Crippen LogP contribution >= 0.6 is 0 Å². The SMILES string of the molecule is CC(C)Oc1cccnc1C(=O)NC1CCCN(c2ccccc2F)C1=O. The normalized spacial score (nSPS) is 17.1. The van der Waals surface area contributed by atoms with Crippen LogP contribution in [-0.2, 0) is 4.79 Å². The second-order valence-electron chi connectivity index (χ2n) is 6.63. The highest BCUT2D eigenvalue weighted by Crippen LogP contribution is 2.24. The van der Waals surface area contributed by atoms with Gasteiger partial charge in [0.05, 0.1) is 11.8 Å². The van der Waals surface area contributed by atoms with Crippen molar-refractivity contribution in [2.75, 3.05) is 11.4 Å². The van der Waals surface area contributed by atoms with E-state index in [4.69, 9.17) is 4.74 Å². The smallest absolute Gasteiger partial charge is 0.274 e. The number of ether oxygens (including phenoxy) is 1. The van der Waals surface area contributed by atoms with Crippen molar-refractivity contribution in [1.82, 2.24) is 10.3 Å². The average molecular weight is 371 g/mol. The van der Waals surface area contributed by atoms with Gasteiger partial charge in [-0.05, 0) is 51.0 Å². The van der Waals surface area contributed by atoms with Gasteiger partial charge in [-0.1, -0.05) is 12.1 Å². The molecule has 1 saturated heterocycles. The van der Waals surface area contributed by atoms with Gasteiger partial charge in [0.2, 0.25) is 5.91 Å². The number of amides is 2. The van der Waals surface area contributed by atoms with Crippen LogP contribution in [0.3, 0.4) is 0 Å². The highest BCUT2D eigenvalue weighted by molar-refractivity contribution is 6.03. The minimum atomic E-state index is -0.736. The van der Waals surface area contributed by atoms with Crippen molar-refractivity contribution in [2.24, 2.45) is 0 Å². The molecule has 0 spiro atoms. The van der Waals surface area contributed by atoms with Crippen molar-refractivity contribution >= 4 is 17.5 Å². The number of rotatable bonds is 5. The second-order valence-corrected chi connectivity index (χ2v) is 6.63. The maximum atomic E-state index is 14.1. The third-order valence-corrected chi connectivity index (χ3v) is 4.24. The Balaban J connectivity index is 1.77. The number of pyridine rings is 1. The summed E-state index contributed by atoms with van der Waals surface area (Å²) in [6, 6.07) is 8.73. The van der Waals surface area contributed by atoms with Gasteiger partial charge < -0.3 is 15.0 Å². The highest BCUT2D eigenvalue weighted by atomic mass is 19.1. The Bertz CT molecular complexity index is 841. The molecule has 0 aliphatic carbocycles. The fourth-order valence-electron chi connectivity index (χ4n) is 3.06. The molecule has 0 saturated carbocycles. The van der Waals surface area contributed by atoms with E-state index in [0.29, 0.717) is 25.1 Å². The van der Waals surface area contributed by atoms with Gasteiger partial charge >= 0.3 is 0 Å². The molecule has 1 N–H and O–H groups in total. The first-order valence-corrected chi connectivity index (χ1v) is 8.96. The van der Waals surface area contributed by atoms with E-state index in [1.54, 1.807) is 30.3 Å². The number of para-hydroxylation sites is 1. The van der Waals surface area contributed by atoms with Crippen molar-refractivity contribution in [3.05, 3.63) is 54.1 Å². The van der Waals surface area contributed by atoms with Crippen molar-refractivity contribution in [1.29, 1.82) is 0 Å². The molecule has 1 aliphatic heterocycles. The quantitative estimate of drug-likeness (QED) is 0.877. The fraction of sp³-hybridized carbons (Fsp3) is 0.350. The van der Waals surface area contributed by atoms with E-state index in [-0.39, 0.29) is 23.4 Å². The molecule has 1 atom stereocenters. The minimum absolute atomic E-state index is 0.117. The number of carbonyl (C=O) groups excluding carboxylic acids is 2. The van der Waals surface area contributed by atoms with Gasteiger partial charge in [-0.25, -0.2) is 9.37 Å². The fourth-order valence-corrected chi connectivity index (χ4v) is 3.06. The van der Waals surface area contributed by atoms with Gasteiger partial charge in [0, 0.05) is 12.7 Å². The van der Waals surface area contributed by atoms with Crippen molar-refractivity contribution < 1.29 is 18.7 Å². The number of anilines is 1. The van der Waals surface area contributed by atoms with E-state index >= 15 is 0 Å². The Kier molecular flexibility index (Phi) is 5.69. The molecule has 27 heavy (non-hydrogen) atoms. The van der Waals surface area contributed by atoms with E-state index in [2.05, 4.69) is 10.3 Å². The summed E-state index contributed by atoms with van der Waals surface area (Å²) in [5.74, 6) is -0.920. The molecule has 142 valence electrons. The summed E-state index contributed by atoms with van der Waals surface area (Å²) in [7, 11) is 0. The summed E-state index contributed by atoms with van der Waals surface area (Å²) < 4.78 is 19.7. The predicted molar refractivity (Wildman–Crippen MR) is 99.2 cm³/mol. The van der Waals surface area contributed by atoms with Crippen LogP contribution in [0.1, 0.15) is 37.2 Å². The lowest BCUT2D eigenvalue weighted by Crippen LogP contribution is -2.52. The van der Waals surface area contributed by atoms with E-state index in [9.17, 15) is 14.0 Å². The van der Waals surface area contributed by atoms with Crippen LogP contribution in [0.25, 0.3) is 0 Å². The predicted octanol–water partition coefficient (Wildman–Crippen LogP) is 2.93. The standard InChI is InChI=1S/C20H22FN3O3/c1-13(2)27-17-10-5-11-22-18(17)19(25)23-15-8-6-12-24(20(15)26)16-9-4-3-7-14(16)21/h3-5,7,9-11,13,15H,6,8,12H2,1-2H3,(H,23,25). The summed E-state index contributed by atoms with van der Waals surface area (Å²) >= 11 is 0. The van der Waals surface area contributed by atoms with Crippen LogP contribution in [0, 0.1) is 5.82 Å². The first-order chi connectivity index (χ1) is 13.0. The minimum Gasteiger partial charge on any atom is -0.489 e. The van der Waals surface area contributed by atoms with Crippen molar-refractivity contribution in [3.8, 4) is 5.75 Å². The van der Waals surface area contributed by atoms with Crippen LogP contribution < -0.4 is 15.0 Å². The number of aromatic nitrogens is 1. The molecule has 1 fully saturated rings. The molecule has 0 radical (unpaired) electrons. The molecule has 0 bridgehead atoms. The molecule has 3 rings (SSSR count). The van der Waals surface area contributed by atoms with Crippen molar-refractivity contribution in [3.63, 3.8) is 0 Å². The molecule has 2 heterocycles. The number of piperidine rings is 1. The Morgan fingerprint density at radius 2 is 2.07 bits per heavy atom. The molecule has 6 nitrogen and oxygen atoms in total. The average Bonchev–Trinajstić information content (AvgIpc) is 2.64. The van der Waals surface area contributed by atoms with Crippen LogP contribution in [0.2, 0.25) is 0 Å².